The van der Waals surface area contributed by atoms with Crippen LogP contribution in [-0.4, -0.2) is 82.9 Å². The van der Waals surface area contributed by atoms with E-state index >= 15 is 8.42 Å². The Labute approximate surface area is 282 Å². The molecule has 2 aromatic carbocycles. The number of aliphatic hydroxyl groups excluding tert-OH is 1. The lowest BCUT2D eigenvalue weighted by molar-refractivity contribution is 0.125. The summed E-state index contributed by atoms with van der Waals surface area (Å²) in [7, 11) is -2.63. The summed E-state index contributed by atoms with van der Waals surface area (Å²) in [6, 6.07) is 14.8. The van der Waals surface area contributed by atoms with Gasteiger partial charge in [-0.15, -0.1) is 10.2 Å². The minimum absolute atomic E-state index is 0.0281. The first kappa shape index (κ1) is 36.9. The minimum atomic E-state index is -4.94. The van der Waals surface area contributed by atoms with Crippen LogP contribution in [0.1, 0.15) is 18.6 Å². The Kier molecular flexibility index (Phi) is 11.3. The Morgan fingerprint density at radius 2 is 1.60 bits per heavy atom. The van der Waals surface area contributed by atoms with Crippen LogP contribution < -0.4 is 23.2 Å². The van der Waals surface area contributed by atoms with Crippen LogP contribution in [0.4, 0.5) is 10.3 Å². The molecule has 0 radical (unpaired) electrons. The van der Waals surface area contributed by atoms with Crippen LogP contribution in [0.5, 0.6) is 17.4 Å². The van der Waals surface area contributed by atoms with Gasteiger partial charge in [-0.3, -0.25) is 9.12 Å². The molecule has 14 nitrogen and oxygen atoms in total. The van der Waals surface area contributed by atoms with E-state index in [0.29, 0.717) is 6.04 Å². The fraction of sp³-hybridized carbons (Fsp3) is 0.367. The second-order valence-electron chi connectivity index (χ2n) is 12.0. The van der Waals surface area contributed by atoms with Crippen molar-refractivity contribution in [1.29, 1.82) is 0 Å². The van der Waals surface area contributed by atoms with Crippen LogP contribution in [-0.2, 0) is 21.3 Å². The third-order valence-corrected chi connectivity index (χ3v) is 12.3. The van der Waals surface area contributed by atoms with Crippen molar-refractivity contribution in [3.8, 4) is 34.6 Å². The fourth-order valence-electron chi connectivity index (χ4n) is 4.89. The molecule has 4 aromatic rings. The first-order valence-electron chi connectivity index (χ1n) is 14.6. The van der Waals surface area contributed by atoms with Gasteiger partial charge in [-0.05, 0) is 48.9 Å². The van der Waals surface area contributed by atoms with Gasteiger partial charge in [0, 0.05) is 20.7 Å². The van der Waals surface area contributed by atoms with E-state index in [-0.39, 0.29) is 52.6 Å². The lowest BCUT2D eigenvalue weighted by atomic mass is 10.0. The first-order chi connectivity index (χ1) is 22.6. The number of ether oxygens (including phenoxy) is 3. The van der Waals surface area contributed by atoms with Crippen molar-refractivity contribution < 1.29 is 40.9 Å². The van der Waals surface area contributed by atoms with Crippen molar-refractivity contribution in [2.75, 3.05) is 32.2 Å². The third kappa shape index (κ3) is 7.53. The monoisotopic (exact) mass is 722 g/mol. The molecule has 0 bridgehead atoms. The molecular formula is C30H39FN6O8S2Si. The minimum Gasteiger partial charge on any atom is -0.494 e. The van der Waals surface area contributed by atoms with Crippen LogP contribution in [0, 0.1) is 5.82 Å². The molecule has 48 heavy (non-hydrogen) atoms. The zero-order valence-electron chi connectivity index (χ0n) is 27.5. The summed E-state index contributed by atoms with van der Waals surface area (Å²) in [6.07, 6.45) is -1.97. The van der Waals surface area contributed by atoms with Crippen molar-refractivity contribution >= 4 is 35.3 Å². The quantitative estimate of drug-likeness (QED) is 0.119. The molecule has 2 aromatic heterocycles. The third-order valence-electron chi connectivity index (χ3n) is 7.54. The van der Waals surface area contributed by atoms with E-state index < -0.39 is 46.2 Å². The van der Waals surface area contributed by atoms with E-state index in [1.165, 1.54) is 38.0 Å². The zero-order chi connectivity index (χ0) is 35.4. The number of aromatic nitrogens is 4. The van der Waals surface area contributed by atoms with Crippen LogP contribution in [0.25, 0.3) is 17.2 Å². The zero-order valence-corrected chi connectivity index (χ0v) is 30.2. The summed E-state index contributed by atoms with van der Waals surface area (Å²) in [5.41, 5.74) is 0.460. The highest BCUT2D eigenvalue weighted by atomic mass is 32.2. The first-order valence-corrected chi connectivity index (χ1v) is 20.9. The molecule has 0 saturated carbocycles. The highest BCUT2D eigenvalue weighted by molar-refractivity contribution is 7.94. The molecule has 0 amide bonds. The highest BCUT2D eigenvalue weighted by Gasteiger charge is 2.52. The van der Waals surface area contributed by atoms with E-state index in [4.69, 9.17) is 14.2 Å². The Morgan fingerprint density at radius 3 is 2.15 bits per heavy atom. The molecule has 0 aliphatic carbocycles. The molecule has 1 unspecified atom stereocenters. The van der Waals surface area contributed by atoms with Crippen LogP contribution in [0.15, 0.2) is 60.7 Å². The van der Waals surface area contributed by atoms with Gasteiger partial charge in [0.15, 0.2) is 10.7 Å². The van der Waals surface area contributed by atoms with Crippen LogP contribution in [0.2, 0.25) is 25.7 Å². The van der Waals surface area contributed by atoms with Gasteiger partial charge >= 0.3 is 0 Å². The van der Waals surface area contributed by atoms with Gasteiger partial charge in [0.2, 0.25) is 23.1 Å². The Bertz CT molecular complexity index is 1850. The van der Waals surface area contributed by atoms with E-state index in [2.05, 4.69) is 19.9 Å². The van der Waals surface area contributed by atoms with Gasteiger partial charge in [0.1, 0.15) is 34.8 Å². The Balaban J connectivity index is 2.09. The summed E-state index contributed by atoms with van der Waals surface area (Å²) in [6.45, 7) is 7.05. The maximum Gasteiger partial charge on any atom is 0.260 e. The highest BCUT2D eigenvalue weighted by Crippen LogP contribution is 2.41. The van der Waals surface area contributed by atoms with Crippen molar-refractivity contribution in [3.63, 3.8) is 0 Å². The summed E-state index contributed by atoms with van der Waals surface area (Å²) in [5.74, 6) is 0.00149. The smallest absolute Gasteiger partial charge is 0.260 e. The Hall–Kier alpha value is -3.94. The molecule has 4 rings (SSSR count). The largest absolute Gasteiger partial charge is 0.494 e. The number of anilines is 1. The molecule has 260 valence electrons. The lowest BCUT2D eigenvalue weighted by Crippen LogP contribution is -2.60. The molecule has 3 atom stereocenters. The standard InChI is InChI=1S/C30H39FN6O8S2Si/c1-30(35-46(39)40,27(38)20-14-16-21(31)17-15-20)47(41,42)36(18-19-48(5,6)7)29-34-33-28(22-10-8-13-25(32-22)45-4)37(29)26-23(43-2)11-9-12-24(26)44-3/h8-17,27,35,38H,18-19H2,1-7H3,(H,39,40)/t27-,30-/m0/s1. The average Bonchev–Trinajstić information content (AvgIpc) is 3.47. The van der Waals surface area contributed by atoms with Crippen molar-refractivity contribution in [1.82, 2.24) is 24.5 Å². The molecule has 0 aliphatic heterocycles. The van der Waals surface area contributed by atoms with Gasteiger partial charge in [-0.1, -0.05) is 43.9 Å². The number of sulfonamides is 1. The second-order valence-corrected chi connectivity index (χ2v) is 20.6. The van der Waals surface area contributed by atoms with Crippen molar-refractivity contribution in [2.45, 2.75) is 43.6 Å². The number of aliphatic hydroxyl groups is 1. The molecule has 0 spiro atoms. The summed E-state index contributed by atoms with van der Waals surface area (Å²) < 4.78 is 87.4. The lowest BCUT2D eigenvalue weighted by Gasteiger charge is -2.38. The predicted octanol–water partition coefficient (Wildman–Crippen LogP) is 4.14. The van der Waals surface area contributed by atoms with Crippen LogP contribution >= 0.6 is 0 Å². The van der Waals surface area contributed by atoms with Crippen molar-refractivity contribution in [2.24, 2.45) is 0 Å². The molecular weight excluding hydrogens is 684 g/mol. The van der Waals surface area contributed by atoms with E-state index in [1.807, 2.05) is 19.6 Å². The summed E-state index contributed by atoms with van der Waals surface area (Å²) in [4.78, 5) is 1.93. The Morgan fingerprint density at radius 1 is 1.00 bits per heavy atom. The number of methoxy groups -OCH3 is 3. The second kappa shape index (κ2) is 14.7. The van der Waals surface area contributed by atoms with Crippen LogP contribution in [0.3, 0.4) is 0 Å². The van der Waals surface area contributed by atoms with Gasteiger partial charge in [0.25, 0.3) is 10.0 Å². The average molecular weight is 723 g/mol. The summed E-state index contributed by atoms with van der Waals surface area (Å²) in [5, 5.41) is 20.3. The fourth-order valence-corrected chi connectivity index (χ4v) is 8.58. The summed E-state index contributed by atoms with van der Waals surface area (Å²) >= 11 is -2.94. The van der Waals surface area contributed by atoms with E-state index in [1.54, 1.807) is 36.4 Å². The maximum absolute atomic E-state index is 15.0. The van der Waals surface area contributed by atoms with E-state index in [0.717, 1.165) is 23.4 Å². The predicted molar refractivity (Wildman–Crippen MR) is 182 cm³/mol. The molecule has 0 fully saturated rings. The number of para-hydroxylation sites is 1. The molecule has 2 heterocycles. The van der Waals surface area contributed by atoms with Gasteiger partial charge in [0.05, 0.1) is 21.3 Å². The molecule has 18 heteroatoms. The number of nitrogens with one attached hydrogen (secondary N) is 1. The molecule has 0 saturated heterocycles. The number of nitrogens with zero attached hydrogens (tertiary/aromatic N) is 5. The normalized spacial score (nSPS) is 14.5. The SMILES string of the molecule is COc1cccc(-c2nnc(N(CC[Si](C)(C)C)S(=O)(=O)[C@](C)(NS(=O)O)[C@@H](O)c3ccc(F)cc3)n2-c2c(OC)cccc2OC)n1. The number of hydrogen-bond acceptors (Lipinski definition) is 10. The number of pyridine rings is 1. The molecule has 0 aliphatic rings. The molecule has 3 N–H and O–H groups in total. The number of benzene rings is 2. The maximum atomic E-state index is 15.0. The van der Waals surface area contributed by atoms with Gasteiger partial charge < -0.3 is 19.3 Å². The number of hydrogen-bond donors (Lipinski definition) is 3. The topological polar surface area (TPSA) is 178 Å². The van der Waals surface area contributed by atoms with Gasteiger partial charge in [-0.2, -0.15) is 4.72 Å². The van der Waals surface area contributed by atoms with Crippen molar-refractivity contribution in [3.05, 3.63) is 72.0 Å². The van der Waals surface area contributed by atoms with Gasteiger partial charge in [-0.25, -0.2) is 26.3 Å². The number of halogens is 1. The number of rotatable bonds is 15. The van der Waals surface area contributed by atoms with E-state index in [9.17, 15) is 18.3 Å².